The smallest absolute Gasteiger partial charge is 0.254 e. The Balaban J connectivity index is 1.32. The fraction of sp³-hybridized carbons (Fsp3) is 0.435. The number of sulfone groups is 1. The van der Waals surface area contributed by atoms with E-state index in [9.17, 15) is 13.2 Å². The zero-order valence-corrected chi connectivity index (χ0v) is 19.1. The summed E-state index contributed by atoms with van der Waals surface area (Å²) in [4.78, 5) is 29.5. The van der Waals surface area contributed by atoms with Gasteiger partial charge in [0.15, 0.2) is 9.84 Å². The van der Waals surface area contributed by atoms with Crippen LogP contribution < -0.4 is 4.90 Å². The van der Waals surface area contributed by atoms with Gasteiger partial charge >= 0.3 is 0 Å². The second-order valence-corrected chi connectivity index (χ2v) is 11.6. The Morgan fingerprint density at radius 3 is 2.56 bits per heavy atom. The molecule has 0 bridgehead atoms. The van der Waals surface area contributed by atoms with Gasteiger partial charge in [-0.15, -0.1) is 0 Å². The summed E-state index contributed by atoms with van der Waals surface area (Å²) in [6.07, 6.45) is 5.39. The van der Waals surface area contributed by atoms with Crippen molar-refractivity contribution in [2.75, 3.05) is 24.5 Å². The normalized spacial score (nSPS) is 18.0. The topological polar surface area (TPSA) is 99.3 Å². The Morgan fingerprint density at radius 2 is 1.88 bits per heavy atom. The largest absolute Gasteiger partial charge is 0.352 e. The highest BCUT2D eigenvalue weighted by molar-refractivity contribution is 7.91. The molecular formula is C23H27N5O3S. The second kappa shape index (κ2) is 7.58. The number of nitrogens with zero attached hydrogens (tertiary/aromatic N) is 4. The average molecular weight is 454 g/mol. The molecule has 2 aromatic heterocycles. The minimum Gasteiger partial charge on any atom is -0.352 e. The van der Waals surface area contributed by atoms with Crippen LogP contribution in [0, 0.1) is 0 Å². The number of benzene rings is 1. The van der Waals surface area contributed by atoms with Crippen molar-refractivity contribution in [3.8, 4) is 0 Å². The molecule has 0 unspecified atom stereocenters. The zero-order valence-electron chi connectivity index (χ0n) is 18.3. The number of rotatable bonds is 5. The first kappa shape index (κ1) is 20.9. The molecule has 3 aromatic rings. The van der Waals surface area contributed by atoms with Gasteiger partial charge in [-0.1, -0.05) is 12.1 Å². The standard InChI is InChI=1S/C23H27N5O3S/c1-16(2)32(30,31)13-17-3-5-18(6-4-17)22(29)28-12-11-27(14-23(28)8-9-23)21-19-7-10-24-20(19)25-15-26-21/h3-7,10,15-16H,8-9,11-14H2,1-2H3,(H,24,25,26). The lowest BCUT2D eigenvalue weighted by atomic mass is 10.1. The van der Waals surface area contributed by atoms with Crippen LogP contribution in [0.4, 0.5) is 5.82 Å². The third-order valence-electron chi connectivity index (χ3n) is 6.64. The van der Waals surface area contributed by atoms with Gasteiger partial charge in [-0.2, -0.15) is 0 Å². The predicted molar refractivity (Wildman–Crippen MR) is 123 cm³/mol. The molecule has 0 radical (unpaired) electrons. The van der Waals surface area contributed by atoms with E-state index in [-0.39, 0.29) is 17.2 Å². The highest BCUT2D eigenvalue weighted by Gasteiger charge is 2.53. The van der Waals surface area contributed by atoms with Crippen LogP contribution in [0.25, 0.3) is 11.0 Å². The van der Waals surface area contributed by atoms with E-state index >= 15 is 0 Å². The number of fused-ring (bicyclic) bond motifs is 1. The Bertz CT molecular complexity index is 1260. The van der Waals surface area contributed by atoms with Crippen LogP contribution in [-0.2, 0) is 15.6 Å². The third-order valence-corrected chi connectivity index (χ3v) is 8.82. The molecule has 1 saturated heterocycles. The van der Waals surface area contributed by atoms with Crippen molar-refractivity contribution in [1.29, 1.82) is 0 Å². The van der Waals surface area contributed by atoms with Crippen LogP contribution in [0.2, 0.25) is 0 Å². The van der Waals surface area contributed by atoms with Crippen LogP contribution in [0.5, 0.6) is 0 Å². The molecule has 9 heteroatoms. The van der Waals surface area contributed by atoms with Gasteiger partial charge in [0.1, 0.15) is 17.8 Å². The summed E-state index contributed by atoms with van der Waals surface area (Å²) in [5.41, 5.74) is 1.96. The molecule has 1 aliphatic heterocycles. The molecule has 2 aliphatic rings. The number of aromatic amines is 1. The van der Waals surface area contributed by atoms with E-state index in [1.54, 1.807) is 44.4 Å². The summed E-state index contributed by atoms with van der Waals surface area (Å²) >= 11 is 0. The van der Waals surface area contributed by atoms with Crippen molar-refractivity contribution >= 4 is 32.6 Å². The quantitative estimate of drug-likeness (QED) is 0.638. The van der Waals surface area contributed by atoms with Crippen molar-refractivity contribution in [3.05, 3.63) is 54.0 Å². The van der Waals surface area contributed by atoms with E-state index in [4.69, 9.17) is 0 Å². The lowest BCUT2D eigenvalue weighted by molar-refractivity contribution is 0.0624. The number of hydrogen-bond donors (Lipinski definition) is 1. The molecule has 168 valence electrons. The monoisotopic (exact) mass is 453 g/mol. The summed E-state index contributed by atoms with van der Waals surface area (Å²) in [5.74, 6) is 0.911. The average Bonchev–Trinajstić information content (AvgIpc) is 3.35. The van der Waals surface area contributed by atoms with E-state index in [2.05, 4.69) is 19.9 Å². The van der Waals surface area contributed by atoms with Crippen LogP contribution in [0.1, 0.15) is 42.6 Å². The molecule has 0 atom stereocenters. The third kappa shape index (κ3) is 3.64. The summed E-state index contributed by atoms with van der Waals surface area (Å²) in [6.45, 7) is 5.45. The number of hydrogen-bond acceptors (Lipinski definition) is 6. The Labute approximate surface area is 187 Å². The predicted octanol–water partition coefficient (Wildman–Crippen LogP) is 2.78. The fourth-order valence-corrected chi connectivity index (χ4v) is 5.45. The van der Waals surface area contributed by atoms with E-state index in [0.717, 1.165) is 36.2 Å². The molecule has 5 rings (SSSR count). The van der Waals surface area contributed by atoms with Crippen LogP contribution in [0.3, 0.4) is 0 Å². The molecule has 2 fully saturated rings. The van der Waals surface area contributed by atoms with Crippen molar-refractivity contribution in [2.24, 2.45) is 0 Å². The van der Waals surface area contributed by atoms with Gasteiger partial charge in [0.25, 0.3) is 5.91 Å². The van der Waals surface area contributed by atoms with Crippen LogP contribution in [0.15, 0.2) is 42.9 Å². The van der Waals surface area contributed by atoms with Crippen molar-refractivity contribution in [1.82, 2.24) is 19.9 Å². The van der Waals surface area contributed by atoms with E-state index in [1.807, 2.05) is 17.2 Å². The molecule has 1 saturated carbocycles. The number of aromatic nitrogens is 3. The molecule has 1 N–H and O–H groups in total. The fourth-order valence-electron chi connectivity index (χ4n) is 4.46. The van der Waals surface area contributed by atoms with Gasteiger partial charge in [0.05, 0.1) is 21.9 Å². The SMILES string of the molecule is CC(C)S(=O)(=O)Cc1ccc(C(=O)N2CCN(c3ncnc4[nH]ccc34)CC23CC3)cc1. The minimum atomic E-state index is -3.17. The molecule has 1 spiro atoms. The molecule has 1 amide bonds. The van der Waals surface area contributed by atoms with E-state index in [0.29, 0.717) is 24.2 Å². The second-order valence-electron chi connectivity index (χ2n) is 9.09. The van der Waals surface area contributed by atoms with Gasteiger partial charge in [-0.25, -0.2) is 18.4 Å². The molecule has 8 nitrogen and oxygen atoms in total. The number of carbonyl (C=O) groups is 1. The number of nitrogens with one attached hydrogen (secondary N) is 1. The zero-order chi connectivity index (χ0) is 22.5. The van der Waals surface area contributed by atoms with Gasteiger partial charge in [-0.05, 0) is 50.5 Å². The van der Waals surface area contributed by atoms with Crippen LogP contribution in [-0.4, -0.2) is 64.6 Å². The highest BCUT2D eigenvalue weighted by atomic mass is 32.2. The lowest BCUT2D eigenvalue weighted by Gasteiger charge is -2.43. The van der Waals surface area contributed by atoms with Crippen molar-refractivity contribution in [2.45, 2.75) is 43.2 Å². The summed E-state index contributed by atoms with van der Waals surface area (Å²) in [6, 6.07) is 9.01. The van der Waals surface area contributed by atoms with Gasteiger partial charge in [-0.3, -0.25) is 4.79 Å². The molecule has 3 heterocycles. The maximum atomic E-state index is 13.3. The first-order valence-electron chi connectivity index (χ1n) is 10.9. The molecule has 1 aliphatic carbocycles. The number of amides is 1. The van der Waals surface area contributed by atoms with Crippen molar-refractivity contribution < 1.29 is 13.2 Å². The Hall–Kier alpha value is -2.94. The minimum absolute atomic E-state index is 0.00565. The van der Waals surface area contributed by atoms with Gasteiger partial charge in [0, 0.05) is 31.4 Å². The summed E-state index contributed by atoms with van der Waals surface area (Å²) in [7, 11) is -3.17. The van der Waals surface area contributed by atoms with Crippen LogP contribution >= 0.6 is 0 Å². The Kier molecular flexibility index (Phi) is 4.96. The van der Waals surface area contributed by atoms with E-state index in [1.165, 1.54) is 0 Å². The Morgan fingerprint density at radius 1 is 1.12 bits per heavy atom. The first-order valence-corrected chi connectivity index (χ1v) is 12.7. The van der Waals surface area contributed by atoms with Gasteiger partial charge in [0.2, 0.25) is 0 Å². The first-order chi connectivity index (χ1) is 15.3. The summed E-state index contributed by atoms with van der Waals surface area (Å²) in [5, 5.41) is 0.576. The van der Waals surface area contributed by atoms with Crippen molar-refractivity contribution in [3.63, 3.8) is 0 Å². The molecule has 32 heavy (non-hydrogen) atoms. The highest BCUT2D eigenvalue weighted by Crippen LogP contribution is 2.46. The lowest BCUT2D eigenvalue weighted by Crippen LogP contribution is -2.57. The number of anilines is 1. The van der Waals surface area contributed by atoms with E-state index < -0.39 is 15.1 Å². The molecule has 1 aromatic carbocycles. The molecular weight excluding hydrogens is 426 g/mol. The number of H-pyrrole nitrogens is 1. The maximum Gasteiger partial charge on any atom is 0.254 e. The number of carbonyl (C=O) groups excluding carboxylic acids is 1. The maximum absolute atomic E-state index is 13.3. The summed E-state index contributed by atoms with van der Waals surface area (Å²) < 4.78 is 24.4. The number of piperazine rings is 1. The van der Waals surface area contributed by atoms with Gasteiger partial charge < -0.3 is 14.8 Å².